The molecule has 0 aliphatic carbocycles. The van der Waals surface area contributed by atoms with Crippen LogP contribution >= 0.6 is 0 Å². The van der Waals surface area contributed by atoms with Crippen LogP contribution < -0.4 is 0 Å². The number of aromatic nitrogens is 3. The zero-order valence-electron chi connectivity index (χ0n) is 13.7. The molecule has 0 bridgehead atoms. The van der Waals surface area contributed by atoms with E-state index in [0.29, 0.717) is 5.69 Å². The molecule has 2 aromatic rings. The first-order chi connectivity index (χ1) is 12.1. The maximum Gasteiger partial charge on any atom is 0.406 e. The molecule has 1 amide bonds. The van der Waals surface area contributed by atoms with Gasteiger partial charge in [0.1, 0.15) is 0 Å². The van der Waals surface area contributed by atoms with Gasteiger partial charge in [-0.3, -0.25) is 9.59 Å². The SMILES string of the molecule is Cc1ccc(-n2cc(C(=O)N3CCC(C(=O)O)(C(F)(F)F)C3)nn2)cc1. The Hall–Kier alpha value is -2.91. The molecule has 1 aromatic heterocycles. The number of nitrogens with zero attached hydrogens (tertiary/aromatic N) is 4. The summed E-state index contributed by atoms with van der Waals surface area (Å²) in [6, 6.07) is 7.19. The van der Waals surface area contributed by atoms with E-state index in [1.165, 1.54) is 10.9 Å². The van der Waals surface area contributed by atoms with E-state index >= 15 is 0 Å². The number of carbonyl (C=O) groups is 2. The molecule has 26 heavy (non-hydrogen) atoms. The Morgan fingerprint density at radius 3 is 2.42 bits per heavy atom. The number of carboxylic acid groups (broad SMARTS) is 1. The molecule has 1 aromatic carbocycles. The van der Waals surface area contributed by atoms with E-state index < -0.39 is 36.4 Å². The van der Waals surface area contributed by atoms with Gasteiger partial charge in [-0.25, -0.2) is 4.68 Å². The number of carbonyl (C=O) groups excluding carboxylic acids is 1. The predicted molar refractivity (Wildman–Crippen MR) is 82.7 cm³/mol. The molecule has 1 unspecified atom stereocenters. The summed E-state index contributed by atoms with van der Waals surface area (Å²) in [6.45, 7) is 0.646. The molecule has 3 rings (SSSR count). The fourth-order valence-corrected chi connectivity index (χ4v) is 2.86. The summed E-state index contributed by atoms with van der Waals surface area (Å²) < 4.78 is 41.0. The van der Waals surface area contributed by atoms with Gasteiger partial charge in [0.2, 0.25) is 0 Å². The van der Waals surface area contributed by atoms with Gasteiger partial charge in [0.05, 0.1) is 11.9 Å². The first kappa shape index (κ1) is 17.9. The quantitative estimate of drug-likeness (QED) is 0.896. The lowest BCUT2D eigenvalue weighted by atomic mass is 9.86. The Morgan fingerprint density at radius 1 is 1.23 bits per heavy atom. The molecule has 0 radical (unpaired) electrons. The number of benzene rings is 1. The predicted octanol–water partition coefficient (Wildman–Crippen LogP) is 2.05. The summed E-state index contributed by atoms with van der Waals surface area (Å²) in [5.74, 6) is -2.76. The molecule has 1 aliphatic rings. The largest absolute Gasteiger partial charge is 0.481 e. The van der Waals surface area contributed by atoms with Gasteiger partial charge in [-0.15, -0.1) is 5.10 Å². The summed E-state index contributed by atoms with van der Waals surface area (Å²) >= 11 is 0. The first-order valence-corrected chi connectivity index (χ1v) is 7.73. The Kier molecular flexibility index (Phi) is 4.21. The van der Waals surface area contributed by atoms with Crippen LogP contribution in [-0.2, 0) is 4.79 Å². The standard InChI is InChI=1S/C16H15F3N4O3/c1-10-2-4-11(5-3-10)23-8-12(20-21-23)13(24)22-7-6-15(9-22,14(25)26)16(17,18)19/h2-5,8H,6-7,9H2,1H3,(H,25,26). The molecule has 2 heterocycles. The van der Waals surface area contributed by atoms with Gasteiger partial charge >= 0.3 is 12.1 Å². The van der Waals surface area contributed by atoms with Crippen LogP contribution in [0, 0.1) is 12.3 Å². The van der Waals surface area contributed by atoms with Gasteiger partial charge in [-0.05, 0) is 25.5 Å². The average molecular weight is 368 g/mol. The van der Waals surface area contributed by atoms with Crippen molar-refractivity contribution in [2.75, 3.05) is 13.1 Å². The van der Waals surface area contributed by atoms with E-state index in [0.717, 1.165) is 10.5 Å². The molecular formula is C16H15F3N4O3. The number of hydrogen-bond donors (Lipinski definition) is 1. The number of hydrogen-bond acceptors (Lipinski definition) is 4. The second kappa shape index (κ2) is 6.11. The summed E-state index contributed by atoms with van der Waals surface area (Å²) in [6.07, 6.45) is -4.33. The van der Waals surface area contributed by atoms with E-state index in [4.69, 9.17) is 5.11 Å². The number of carboxylic acids is 1. The van der Waals surface area contributed by atoms with Crippen molar-refractivity contribution in [3.63, 3.8) is 0 Å². The average Bonchev–Trinajstić information content (AvgIpc) is 3.22. The molecular weight excluding hydrogens is 353 g/mol. The van der Waals surface area contributed by atoms with Crippen molar-refractivity contribution in [2.24, 2.45) is 5.41 Å². The first-order valence-electron chi connectivity index (χ1n) is 7.73. The zero-order valence-corrected chi connectivity index (χ0v) is 13.7. The molecule has 138 valence electrons. The number of halogens is 3. The number of alkyl halides is 3. The normalized spacial score (nSPS) is 20.4. The maximum absolute atomic E-state index is 13.2. The van der Waals surface area contributed by atoms with Crippen LogP contribution in [0.4, 0.5) is 13.2 Å². The van der Waals surface area contributed by atoms with Crippen molar-refractivity contribution in [1.82, 2.24) is 19.9 Å². The third-order valence-corrected chi connectivity index (χ3v) is 4.52. The lowest BCUT2D eigenvalue weighted by Gasteiger charge is -2.26. The minimum absolute atomic E-state index is 0.145. The van der Waals surface area contributed by atoms with E-state index in [1.54, 1.807) is 12.1 Å². The second-order valence-corrected chi connectivity index (χ2v) is 6.25. The van der Waals surface area contributed by atoms with Gasteiger partial charge in [0.15, 0.2) is 11.1 Å². The number of likely N-dealkylation sites (tertiary alicyclic amines) is 1. The van der Waals surface area contributed by atoms with Crippen molar-refractivity contribution in [1.29, 1.82) is 0 Å². The summed E-state index contributed by atoms with van der Waals surface area (Å²) in [5, 5.41) is 16.6. The van der Waals surface area contributed by atoms with Gasteiger partial charge in [-0.2, -0.15) is 13.2 Å². The van der Waals surface area contributed by atoms with Crippen LogP contribution in [-0.4, -0.2) is 56.1 Å². The number of amides is 1. The van der Waals surface area contributed by atoms with Crippen molar-refractivity contribution < 1.29 is 27.9 Å². The topological polar surface area (TPSA) is 88.3 Å². The van der Waals surface area contributed by atoms with Crippen molar-refractivity contribution in [2.45, 2.75) is 19.5 Å². The summed E-state index contributed by atoms with van der Waals surface area (Å²) in [7, 11) is 0. The Labute approximate surface area is 146 Å². The van der Waals surface area contributed by atoms with E-state index in [9.17, 15) is 22.8 Å². The highest BCUT2D eigenvalue weighted by atomic mass is 19.4. The van der Waals surface area contributed by atoms with E-state index in [1.807, 2.05) is 19.1 Å². The highest BCUT2D eigenvalue weighted by Crippen LogP contribution is 2.45. The summed E-state index contributed by atoms with van der Waals surface area (Å²) in [5.41, 5.74) is -1.43. The highest BCUT2D eigenvalue weighted by molar-refractivity contribution is 5.93. The molecule has 1 fully saturated rings. The Morgan fingerprint density at radius 2 is 1.88 bits per heavy atom. The highest BCUT2D eigenvalue weighted by Gasteiger charge is 2.64. The lowest BCUT2D eigenvalue weighted by Crippen LogP contribution is -2.47. The van der Waals surface area contributed by atoms with Gasteiger partial charge in [0.25, 0.3) is 5.91 Å². The molecule has 10 heteroatoms. The van der Waals surface area contributed by atoms with Crippen LogP contribution in [0.15, 0.2) is 30.5 Å². The molecule has 1 atom stereocenters. The van der Waals surface area contributed by atoms with Crippen molar-refractivity contribution >= 4 is 11.9 Å². The van der Waals surface area contributed by atoms with Gasteiger partial charge < -0.3 is 10.0 Å². The number of aryl methyl sites for hydroxylation is 1. The van der Waals surface area contributed by atoms with E-state index in [-0.39, 0.29) is 12.2 Å². The molecule has 1 saturated heterocycles. The third-order valence-electron chi connectivity index (χ3n) is 4.52. The van der Waals surface area contributed by atoms with Crippen LogP contribution in [0.25, 0.3) is 5.69 Å². The fourth-order valence-electron chi connectivity index (χ4n) is 2.86. The number of rotatable bonds is 3. The van der Waals surface area contributed by atoms with Crippen molar-refractivity contribution in [3.05, 3.63) is 41.7 Å². The van der Waals surface area contributed by atoms with Crippen LogP contribution in [0.1, 0.15) is 22.5 Å². The second-order valence-electron chi connectivity index (χ2n) is 6.25. The third kappa shape index (κ3) is 2.91. The Balaban J connectivity index is 1.81. The van der Waals surface area contributed by atoms with Gasteiger partial charge in [-0.1, -0.05) is 22.9 Å². The monoisotopic (exact) mass is 368 g/mol. The van der Waals surface area contributed by atoms with Crippen LogP contribution in [0.2, 0.25) is 0 Å². The molecule has 1 N–H and O–H groups in total. The minimum atomic E-state index is -4.95. The van der Waals surface area contributed by atoms with Crippen LogP contribution in [0.3, 0.4) is 0 Å². The van der Waals surface area contributed by atoms with Crippen LogP contribution in [0.5, 0.6) is 0 Å². The molecule has 7 nitrogen and oxygen atoms in total. The van der Waals surface area contributed by atoms with E-state index in [2.05, 4.69) is 10.3 Å². The smallest absolute Gasteiger partial charge is 0.406 e. The molecule has 0 saturated carbocycles. The zero-order chi connectivity index (χ0) is 19.1. The molecule has 1 aliphatic heterocycles. The summed E-state index contributed by atoms with van der Waals surface area (Å²) in [4.78, 5) is 24.5. The van der Waals surface area contributed by atoms with Crippen molar-refractivity contribution in [3.8, 4) is 5.69 Å². The maximum atomic E-state index is 13.2. The number of aliphatic carboxylic acids is 1. The minimum Gasteiger partial charge on any atom is -0.481 e. The Bertz CT molecular complexity index is 847. The fraction of sp³-hybridized carbons (Fsp3) is 0.375. The van der Waals surface area contributed by atoms with Gasteiger partial charge in [0, 0.05) is 13.1 Å². The lowest BCUT2D eigenvalue weighted by molar-refractivity contribution is -0.227. The molecule has 0 spiro atoms.